The first-order chi connectivity index (χ1) is 18.7. The van der Waals surface area contributed by atoms with E-state index in [-0.39, 0.29) is 4.90 Å². The molecule has 2 heterocycles. The fourth-order valence-electron chi connectivity index (χ4n) is 4.12. The van der Waals surface area contributed by atoms with Crippen molar-refractivity contribution in [2.45, 2.75) is 24.9 Å². The first-order valence-electron chi connectivity index (χ1n) is 12.1. The molecule has 5 aromatic rings. The lowest BCUT2D eigenvalue weighted by Crippen LogP contribution is -2.14. The largest absolute Gasteiger partial charge is 0.366 e. The van der Waals surface area contributed by atoms with Gasteiger partial charge >= 0.3 is 0 Å². The Bertz CT molecular complexity index is 1750. The normalized spacial score (nSPS) is 11.5. The summed E-state index contributed by atoms with van der Waals surface area (Å²) in [5, 5.41) is 15.7. The van der Waals surface area contributed by atoms with Gasteiger partial charge in [-0.2, -0.15) is 4.98 Å². The molecule has 10 nitrogen and oxygen atoms in total. The summed E-state index contributed by atoms with van der Waals surface area (Å²) >= 11 is 5.98. The summed E-state index contributed by atoms with van der Waals surface area (Å²) in [5.41, 5.74) is 5.13. The van der Waals surface area contributed by atoms with E-state index in [2.05, 4.69) is 25.9 Å². The summed E-state index contributed by atoms with van der Waals surface area (Å²) in [6.45, 7) is 2.85. The Balaban J connectivity index is 1.25. The summed E-state index contributed by atoms with van der Waals surface area (Å²) in [4.78, 5) is 13.5. The highest BCUT2D eigenvalue weighted by Crippen LogP contribution is 2.23. The second-order valence-corrected chi connectivity index (χ2v) is 11.0. The summed E-state index contributed by atoms with van der Waals surface area (Å²) in [7, 11) is -1.86. The quantitative estimate of drug-likeness (QED) is 0.198. The van der Waals surface area contributed by atoms with Crippen LogP contribution in [0.3, 0.4) is 0 Å². The number of hydrogen-bond donors (Lipinski definition) is 4. The molecule has 0 amide bonds. The van der Waals surface area contributed by atoms with Gasteiger partial charge in [0, 0.05) is 37.0 Å². The van der Waals surface area contributed by atoms with Crippen LogP contribution in [0.4, 0.5) is 23.4 Å². The molecule has 12 heteroatoms. The maximum Gasteiger partial charge on any atom is 0.238 e. The molecule has 0 atom stereocenters. The van der Waals surface area contributed by atoms with Gasteiger partial charge in [-0.1, -0.05) is 35.9 Å². The van der Waals surface area contributed by atoms with Crippen molar-refractivity contribution >= 4 is 56.1 Å². The van der Waals surface area contributed by atoms with Crippen molar-refractivity contribution in [2.24, 2.45) is 12.2 Å². The van der Waals surface area contributed by atoms with Gasteiger partial charge in [-0.15, -0.1) is 0 Å². The van der Waals surface area contributed by atoms with Gasteiger partial charge in [0.25, 0.3) is 0 Å². The van der Waals surface area contributed by atoms with E-state index in [4.69, 9.17) is 21.7 Å². The smallest absolute Gasteiger partial charge is 0.238 e. The maximum atomic E-state index is 11.8. The molecule has 0 aliphatic rings. The molecule has 3 aromatic carbocycles. The highest BCUT2D eigenvalue weighted by atomic mass is 35.5. The van der Waals surface area contributed by atoms with Crippen molar-refractivity contribution in [3.05, 3.63) is 94.6 Å². The van der Waals surface area contributed by atoms with Gasteiger partial charge in [0.1, 0.15) is 5.82 Å². The third-order valence-electron chi connectivity index (χ3n) is 6.19. The molecule has 200 valence electrons. The summed E-state index contributed by atoms with van der Waals surface area (Å²) in [5.74, 6) is 1.71. The van der Waals surface area contributed by atoms with Gasteiger partial charge in [-0.05, 0) is 66.1 Å². The van der Waals surface area contributed by atoms with E-state index in [1.54, 1.807) is 31.3 Å². The highest BCUT2D eigenvalue weighted by molar-refractivity contribution is 7.89. The SMILES string of the molecule is Cc1ccc(Nc2nccc(NCc3ccc4c(c3)nc(NCc3ccc(Cl)cc3)n4C)n2)cc1S(N)(=O)=O. The number of imidazole rings is 1. The minimum Gasteiger partial charge on any atom is -0.366 e. The van der Waals surface area contributed by atoms with E-state index in [0.717, 1.165) is 28.1 Å². The molecular formula is C27H27ClN8O2S. The minimum atomic E-state index is -3.84. The second-order valence-electron chi connectivity index (χ2n) is 9.07. The van der Waals surface area contributed by atoms with E-state index in [1.165, 1.54) is 6.07 Å². The molecule has 0 spiro atoms. The standard InChI is InChI=1S/C27H27ClN8O2S/c1-17-3-9-21(14-24(17)39(29,37)38)33-26-30-12-11-25(35-26)31-16-19-6-10-23-22(13-19)34-27(36(23)2)32-15-18-4-7-20(28)8-5-18/h3-14H,15-16H2,1-2H3,(H,32,34)(H2,29,37,38)(H2,30,31,33,35). The number of fused-ring (bicyclic) bond motifs is 1. The van der Waals surface area contributed by atoms with E-state index in [9.17, 15) is 8.42 Å². The fourth-order valence-corrected chi connectivity index (χ4v) is 5.05. The van der Waals surface area contributed by atoms with Gasteiger partial charge in [0.15, 0.2) is 0 Å². The van der Waals surface area contributed by atoms with Crippen LogP contribution >= 0.6 is 11.6 Å². The Morgan fingerprint density at radius 1 is 0.923 bits per heavy atom. The monoisotopic (exact) mass is 562 g/mol. The maximum absolute atomic E-state index is 11.8. The molecule has 0 saturated carbocycles. The average Bonchev–Trinajstić information content (AvgIpc) is 3.22. The summed E-state index contributed by atoms with van der Waals surface area (Å²) in [6, 6.07) is 20.5. The molecule has 0 aliphatic carbocycles. The van der Waals surface area contributed by atoms with Crippen molar-refractivity contribution < 1.29 is 8.42 Å². The highest BCUT2D eigenvalue weighted by Gasteiger charge is 2.13. The van der Waals surface area contributed by atoms with E-state index in [0.29, 0.717) is 41.1 Å². The van der Waals surface area contributed by atoms with Crippen LogP contribution in [-0.2, 0) is 30.2 Å². The number of nitrogens with one attached hydrogen (secondary N) is 3. The Hall–Kier alpha value is -4.19. The number of hydrogen-bond acceptors (Lipinski definition) is 8. The molecule has 2 aromatic heterocycles. The van der Waals surface area contributed by atoms with Gasteiger partial charge < -0.3 is 20.5 Å². The Kier molecular flexibility index (Phi) is 7.38. The third kappa shape index (κ3) is 6.28. The van der Waals surface area contributed by atoms with Crippen molar-refractivity contribution in [3.8, 4) is 0 Å². The number of rotatable bonds is 9. The Morgan fingerprint density at radius 2 is 1.67 bits per heavy atom. The predicted octanol–water partition coefficient (Wildman–Crippen LogP) is 4.94. The molecular weight excluding hydrogens is 536 g/mol. The molecule has 0 radical (unpaired) electrons. The molecule has 5 rings (SSSR count). The number of anilines is 4. The number of primary sulfonamides is 1. The number of nitrogens with two attached hydrogens (primary N) is 1. The van der Waals surface area contributed by atoms with E-state index < -0.39 is 10.0 Å². The molecule has 0 saturated heterocycles. The van der Waals surface area contributed by atoms with Crippen molar-refractivity contribution in [1.82, 2.24) is 19.5 Å². The molecule has 39 heavy (non-hydrogen) atoms. The zero-order chi connectivity index (χ0) is 27.6. The number of halogens is 1. The van der Waals surface area contributed by atoms with Crippen LogP contribution in [0.1, 0.15) is 16.7 Å². The lowest BCUT2D eigenvalue weighted by atomic mass is 10.2. The average molecular weight is 563 g/mol. The lowest BCUT2D eigenvalue weighted by Gasteiger charge is -2.10. The van der Waals surface area contributed by atoms with Crippen molar-refractivity contribution in [3.63, 3.8) is 0 Å². The molecule has 0 bridgehead atoms. The van der Waals surface area contributed by atoms with E-state index in [1.807, 2.05) is 54.1 Å². The van der Waals surface area contributed by atoms with Crippen LogP contribution in [0.15, 0.2) is 77.8 Å². The van der Waals surface area contributed by atoms with Crippen LogP contribution in [0, 0.1) is 6.92 Å². The lowest BCUT2D eigenvalue weighted by molar-refractivity contribution is 0.597. The number of aryl methyl sites for hydroxylation is 2. The van der Waals surface area contributed by atoms with Gasteiger partial charge in [-0.3, -0.25) is 0 Å². The molecule has 0 unspecified atom stereocenters. The summed E-state index contributed by atoms with van der Waals surface area (Å²) in [6.07, 6.45) is 1.62. The second kappa shape index (κ2) is 10.9. The van der Waals surface area contributed by atoms with Gasteiger partial charge in [-0.25, -0.2) is 23.5 Å². The number of nitrogens with zero attached hydrogens (tertiary/aromatic N) is 4. The summed E-state index contributed by atoms with van der Waals surface area (Å²) < 4.78 is 25.7. The zero-order valence-corrected chi connectivity index (χ0v) is 22.9. The minimum absolute atomic E-state index is 0.0510. The molecule has 0 aliphatic heterocycles. The zero-order valence-electron chi connectivity index (χ0n) is 21.3. The Labute approximate surface area is 231 Å². The van der Waals surface area contributed by atoms with Crippen LogP contribution in [0.25, 0.3) is 11.0 Å². The molecule has 0 fully saturated rings. The Morgan fingerprint density at radius 3 is 2.44 bits per heavy atom. The first-order valence-corrected chi connectivity index (χ1v) is 14.0. The fraction of sp³-hybridized carbons (Fsp3) is 0.148. The number of sulfonamides is 1. The van der Waals surface area contributed by atoms with E-state index >= 15 is 0 Å². The number of aromatic nitrogens is 4. The van der Waals surface area contributed by atoms with Crippen LogP contribution < -0.4 is 21.1 Å². The number of benzene rings is 3. The van der Waals surface area contributed by atoms with Gasteiger partial charge in [0.2, 0.25) is 21.9 Å². The molecule has 5 N–H and O–H groups in total. The third-order valence-corrected chi connectivity index (χ3v) is 7.49. The van der Waals surface area contributed by atoms with Gasteiger partial charge in [0.05, 0.1) is 15.9 Å². The van der Waals surface area contributed by atoms with Crippen molar-refractivity contribution in [1.29, 1.82) is 0 Å². The first kappa shape index (κ1) is 26.4. The van der Waals surface area contributed by atoms with Crippen LogP contribution in [-0.4, -0.2) is 27.9 Å². The topological polar surface area (TPSA) is 140 Å². The van der Waals surface area contributed by atoms with Crippen LogP contribution in [0.2, 0.25) is 5.02 Å². The van der Waals surface area contributed by atoms with Crippen molar-refractivity contribution in [2.75, 3.05) is 16.0 Å². The van der Waals surface area contributed by atoms with Crippen LogP contribution in [0.5, 0.6) is 0 Å². The predicted molar refractivity (Wildman–Crippen MR) is 155 cm³/mol.